The van der Waals surface area contributed by atoms with Crippen molar-refractivity contribution < 1.29 is 17.4 Å². The number of fused-ring (bicyclic) bond motifs is 1. The highest BCUT2D eigenvalue weighted by atomic mass is 32.2. The summed E-state index contributed by atoms with van der Waals surface area (Å²) < 4.78 is 27.2. The van der Waals surface area contributed by atoms with Crippen LogP contribution in [0.4, 0.5) is 5.69 Å². The number of anilines is 1. The van der Waals surface area contributed by atoms with E-state index in [9.17, 15) is 13.2 Å². The van der Waals surface area contributed by atoms with Crippen LogP contribution in [0.15, 0.2) is 24.3 Å². The first kappa shape index (κ1) is 14.0. The van der Waals surface area contributed by atoms with Crippen LogP contribution < -0.4 is 4.90 Å². The quantitative estimate of drug-likeness (QED) is 0.786. The van der Waals surface area contributed by atoms with E-state index in [2.05, 4.69) is 4.18 Å². The van der Waals surface area contributed by atoms with Crippen LogP contribution >= 0.6 is 0 Å². The molecule has 0 saturated carbocycles. The second kappa shape index (κ2) is 5.30. The summed E-state index contributed by atoms with van der Waals surface area (Å²) >= 11 is 0. The molecule has 0 aromatic heterocycles. The molecule has 1 aromatic carbocycles. The van der Waals surface area contributed by atoms with Gasteiger partial charge in [-0.25, -0.2) is 0 Å². The molecular weight excluding hydrogens is 266 g/mol. The average molecular weight is 283 g/mol. The highest BCUT2D eigenvalue weighted by Crippen LogP contribution is 2.38. The van der Waals surface area contributed by atoms with Gasteiger partial charge in [0, 0.05) is 25.1 Å². The SMILES string of the molecule is COS(=O)(=O)CCC1CN(C(C)=O)c2ccccc21. The number of carbonyl (C=O) groups excluding carboxylic acids is 1. The smallest absolute Gasteiger partial charge is 0.267 e. The van der Waals surface area contributed by atoms with Crippen molar-refractivity contribution in [3.05, 3.63) is 29.8 Å². The lowest BCUT2D eigenvalue weighted by Gasteiger charge is -2.15. The van der Waals surface area contributed by atoms with Crippen LogP contribution in [0.2, 0.25) is 0 Å². The van der Waals surface area contributed by atoms with E-state index in [0.717, 1.165) is 11.3 Å². The Morgan fingerprint density at radius 1 is 1.42 bits per heavy atom. The summed E-state index contributed by atoms with van der Waals surface area (Å²) in [5.74, 6) is -0.0107. The second-order valence-corrected chi connectivity index (χ2v) is 6.46. The fraction of sp³-hybridized carbons (Fsp3) is 0.462. The van der Waals surface area contributed by atoms with Crippen LogP contribution in [0.1, 0.15) is 24.8 Å². The monoisotopic (exact) mass is 283 g/mol. The van der Waals surface area contributed by atoms with Crippen LogP contribution in [0.3, 0.4) is 0 Å². The minimum absolute atomic E-state index is 0.0236. The lowest BCUT2D eigenvalue weighted by Crippen LogP contribution is -2.27. The number of carbonyl (C=O) groups is 1. The summed E-state index contributed by atoms with van der Waals surface area (Å²) in [6, 6.07) is 7.62. The number of amides is 1. The Morgan fingerprint density at radius 2 is 2.11 bits per heavy atom. The predicted octanol–water partition coefficient (Wildman–Crippen LogP) is 1.50. The van der Waals surface area contributed by atoms with E-state index in [4.69, 9.17) is 0 Å². The molecule has 0 radical (unpaired) electrons. The molecule has 0 spiro atoms. The molecule has 1 aliphatic heterocycles. The summed E-state index contributed by atoms with van der Waals surface area (Å²) in [4.78, 5) is 13.3. The molecule has 104 valence electrons. The molecule has 19 heavy (non-hydrogen) atoms. The minimum atomic E-state index is -3.45. The van der Waals surface area contributed by atoms with Gasteiger partial charge in [-0.2, -0.15) is 8.42 Å². The number of para-hydroxylation sites is 1. The lowest BCUT2D eigenvalue weighted by molar-refractivity contribution is -0.116. The van der Waals surface area contributed by atoms with Crippen molar-refractivity contribution in [1.29, 1.82) is 0 Å². The number of hydrogen-bond acceptors (Lipinski definition) is 4. The molecule has 1 unspecified atom stereocenters. The zero-order valence-electron chi connectivity index (χ0n) is 11.0. The Balaban J connectivity index is 2.19. The molecule has 1 aliphatic rings. The third kappa shape index (κ3) is 2.96. The standard InChI is InChI=1S/C13H17NO4S/c1-10(15)14-9-11(7-8-19(16,17)18-2)12-5-3-4-6-13(12)14/h3-6,11H,7-9H2,1-2H3. The van der Waals surface area contributed by atoms with Crippen LogP contribution in [-0.2, 0) is 19.1 Å². The van der Waals surface area contributed by atoms with Crippen molar-refractivity contribution in [3.8, 4) is 0 Å². The Hall–Kier alpha value is -1.40. The normalized spacial score (nSPS) is 18.4. The maximum atomic E-state index is 11.6. The van der Waals surface area contributed by atoms with E-state index >= 15 is 0 Å². The Bertz CT molecular complexity index is 582. The summed E-state index contributed by atoms with van der Waals surface area (Å²) in [6.45, 7) is 2.05. The third-order valence-corrected chi connectivity index (χ3v) is 4.66. The summed E-state index contributed by atoms with van der Waals surface area (Å²) in [5.41, 5.74) is 1.92. The molecule has 1 amide bonds. The maximum absolute atomic E-state index is 11.6. The van der Waals surface area contributed by atoms with Crippen molar-refractivity contribution in [2.24, 2.45) is 0 Å². The van der Waals surface area contributed by atoms with Crippen molar-refractivity contribution in [1.82, 2.24) is 0 Å². The largest absolute Gasteiger partial charge is 0.312 e. The number of benzene rings is 1. The predicted molar refractivity (Wildman–Crippen MR) is 72.6 cm³/mol. The maximum Gasteiger partial charge on any atom is 0.267 e. The molecule has 1 atom stereocenters. The van der Waals surface area contributed by atoms with Crippen molar-refractivity contribution >= 4 is 21.7 Å². The van der Waals surface area contributed by atoms with Crippen LogP contribution in [0, 0.1) is 0 Å². The van der Waals surface area contributed by atoms with Crippen molar-refractivity contribution in [2.45, 2.75) is 19.3 Å². The molecule has 5 nitrogen and oxygen atoms in total. The van der Waals surface area contributed by atoms with Gasteiger partial charge < -0.3 is 4.90 Å². The van der Waals surface area contributed by atoms with E-state index in [1.807, 2.05) is 24.3 Å². The Kier molecular flexibility index (Phi) is 3.91. The Morgan fingerprint density at radius 3 is 2.74 bits per heavy atom. The zero-order chi connectivity index (χ0) is 14.0. The lowest BCUT2D eigenvalue weighted by atomic mass is 9.99. The van der Waals surface area contributed by atoms with Gasteiger partial charge >= 0.3 is 0 Å². The summed E-state index contributed by atoms with van der Waals surface area (Å²) in [6.07, 6.45) is 0.455. The Labute approximate surface area is 113 Å². The molecule has 0 fully saturated rings. The first-order valence-electron chi connectivity index (χ1n) is 6.10. The fourth-order valence-corrected chi connectivity index (χ4v) is 3.15. The molecular formula is C13H17NO4S. The molecule has 0 bridgehead atoms. The highest BCUT2D eigenvalue weighted by Gasteiger charge is 2.31. The molecule has 0 aliphatic carbocycles. The van der Waals surface area contributed by atoms with E-state index < -0.39 is 10.1 Å². The third-order valence-electron chi connectivity index (χ3n) is 3.42. The first-order valence-corrected chi connectivity index (χ1v) is 7.67. The first-order chi connectivity index (χ1) is 8.94. The summed E-state index contributed by atoms with van der Waals surface area (Å²) in [7, 11) is -2.28. The van der Waals surface area contributed by atoms with E-state index in [1.54, 1.807) is 4.90 Å². The summed E-state index contributed by atoms with van der Waals surface area (Å²) in [5, 5.41) is 0. The van der Waals surface area contributed by atoms with Crippen molar-refractivity contribution in [2.75, 3.05) is 24.3 Å². The van der Waals surface area contributed by atoms with Crippen LogP contribution in [-0.4, -0.2) is 33.7 Å². The van der Waals surface area contributed by atoms with Gasteiger partial charge in [-0.1, -0.05) is 18.2 Å². The fourth-order valence-electron chi connectivity index (χ4n) is 2.41. The van der Waals surface area contributed by atoms with Gasteiger partial charge in [-0.05, 0) is 18.1 Å². The number of hydrogen-bond donors (Lipinski definition) is 0. The molecule has 1 heterocycles. The van der Waals surface area contributed by atoms with Gasteiger partial charge in [0.25, 0.3) is 10.1 Å². The molecule has 0 saturated heterocycles. The second-order valence-electron chi connectivity index (χ2n) is 4.60. The topological polar surface area (TPSA) is 63.7 Å². The number of rotatable bonds is 4. The minimum Gasteiger partial charge on any atom is -0.312 e. The molecule has 1 aromatic rings. The highest BCUT2D eigenvalue weighted by molar-refractivity contribution is 7.86. The van der Waals surface area contributed by atoms with E-state index in [1.165, 1.54) is 14.0 Å². The molecule has 0 N–H and O–H groups in total. The zero-order valence-corrected chi connectivity index (χ0v) is 11.8. The molecule has 6 heteroatoms. The van der Waals surface area contributed by atoms with Crippen molar-refractivity contribution in [3.63, 3.8) is 0 Å². The van der Waals surface area contributed by atoms with E-state index in [-0.39, 0.29) is 17.6 Å². The van der Waals surface area contributed by atoms with E-state index in [0.29, 0.717) is 13.0 Å². The van der Waals surface area contributed by atoms with Gasteiger partial charge in [0.1, 0.15) is 0 Å². The van der Waals surface area contributed by atoms with Gasteiger partial charge in [0.05, 0.1) is 12.9 Å². The van der Waals surface area contributed by atoms with Gasteiger partial charge in [0.2, 0.25) is 5.91 Å². The molecule has 2 rings (SSSR count). The van der Waals surface area contributed by atoms with Gasteiger partial charge in [-0.3, -0.25) is 8.98 Å². The number of nitrogens with zero attached hydrogens (tertiary/aromatic N) is 1. The van der Waals surface area contributed by atoms with Crippen LogP contribution in [0.5, 0.6) is 0 Å². The van der Waals surface area contributed by atoms with Gasteiger partial charge in [0.15, 0.2) is 0 Å². The van der Waals surface area contributed by atoms with Gasteiger partial charge in [-0.15, -0.1) is 0 Å². The average Bonchev–Trinajstić information content (AvgIpc) is 2.76. The van der Waals surface area contributed by atoms with Crippen LogP contribution in [0.25, 0.3) is 0 Å².